The number of aryl methyl sites for hydroxylation is 1. The molecule has 2 rings (SSSR count). The number of ether oxygens (including phenoxy) is 1. The van der Waals surface area contributed by atoms with Crippen LogP contribution < -0.4 is 0 Å². The van der Waals surface area contributed by atoms with Crippen molar-refractivity contribution in [2.24, 2.45) is 5.92 Å². The molecule has 0 amide bonds. The molecule has 104 valence electrons. The van der Waals surface area contributed by atoms with Gasteiger partial charge in [0.1, 0.15) is 6.61 Å². The van der Waals surface area contributed by atoms with E-state index in [4.69, 9.17) is 4.74 Å². The molecule has 1 saturated carbocycles. The quantitative estimate of drug-likeness (QED) is 0.743. The lowest BCUT2D eigenvalue weighted by Gasteiger charge is -2.28. The van der Waals surface area contributed by atoms with Crippen LogP contribution in [0.2, 0.25) is 0 Å². The largest absolute Gasteiger partial charge is 0.370 e. The summed E-state index contributed by atoms with van der Waals surface area (Å²) >= 11 is 0. The molecule has 2 nitrogen and oxygen atoms in total. The lowest BCUT2D eigenvalue weighted by Crippen LogP contribution is -2.25. The summed E-state index contributed by atoms with van der Waals surface area (Å²) in [4.78, 5) is 12.1. The van der Waals surface area contributed by atoms with Gasteiger partial charge >= 0.3 is 0 Å². The number of hydrogen-bond acceptors (Lipinski definition) is 2. The van der Waals surface area contributed by atoms with Gasteiger partial charge in [-0.05, 0) is 31.7 Å². The molecule has 0 aromatic heterocycles. The van der Waals surface area contributed by atoms with Gasteiger partial charge in [-0.25, -0.2) is 0 Å². The molecular weight excluding hydrogens is 236 g/mol. The lowest BCUT2D eigenvalue weighted by molar-refractivity contribution is 0.0156. The molecule has 0 bridgehead atoms. The summed E-state index contributed by atoms with van der Waals surface area (Å²) in [6, 6.07) is 7.73. The summed E-state index contributed by atoms with van der Waals surface area (Å²) < 4.78 is 5.82. The first-order chi connectivity index (χ1) is 9.19. The van der Waals surface area contributed by atoms with E-state index >= 15 is 0 Å². The van der Waals surface area contributed by atoms with Crippen LogP contribution in [-0.4, -0.2) is 18.5 Å². The molecule has 1 fully saturated rings. The second-order valence-corrected chi connectivity index (χ2v) is 5.67. The zero-order valence-corrected chi connectivity index (χ0v) is 12.0. The van der Waals surface area contributed by atoms with E-state index in [-0.39, 0.29) is 18.5 Å². The third-order valence-electron chi connectivity index (χ3n) is 4.10. The number of carbonyl (C=O) groups is 1. The van der Waals surface area contributed by atoms with E-state index in [0.717, 1.165) is 29.9 Å². The summed E-state index contributed by atoms with van der Waals surface area (Å²) in [5, 5.41) is 0. The Morgan fingerprint density at radius 1 is 1.37 bits per heavy atom. The molecule has 1 aromatic carbocycles. The Labute approximate surface area is 116 Å². The van der Waals surface area contributed by atoms with Gasteiger partial charge in [0.05, 0.1) is 6.10 Å². The number of hydrogen-bond donors (Lipinski definition) is 0. The average molecular weight is 260 g/mol. The van der Waals surface area contributed by atoms with E-state index in [1.54, 1.807) is 0 Å². The van der Waals surface area contributed by atoms with Gasteiger partial charge < -0.3 is 4.74 Å². The van der Waals surface area contributed by atoms with Gasteiger partial charge in [-0.15, -0.1) is 0 Å². The lowest BCUT2D eigenvalue weighted by atomic mass is 9.85. The van der Waals surface area contributed by atoms with Crippen molar-refractivity contribution < 1.29 is 9.53 Å². The summed E-state index contributed by atoms with van der Waals surface area (Å²) in [5.41, 5.74) is 1.89. The second-order valence-electron chi connectivity index (χ2n) is 5.67. The SMILES string of the molecule is CCC1CCCC(OCC(=O)c2cccc(C)c2)C1. The topological polar surface area (TPSA) is 26.3 Å². The molecule has 19 heavy (non-hydrogen) atoms. The number of ketones is 1. The highest BCUT2D eigenvalue weighted by Crippen LogP contribution is 2.28. The molecule has 0 spiro atoms. The van der Waals surface area contributed by atoms with Gasteiger partial charge in [0.25, 0.3) is 0 Å². The molecule has 1 aromatic rings. The molecule has 2 heteroatoms. The summed E-state index contributed by atoms with van der Waals surface area (Å²) in [5.74, 6) is 0.884. The molecule has 2 atom stereocenters. The smallest absolute Gasteiger partial charge is 0.188 e. The van der Waals surface area contributed by atoms with E-state index in [1.165, 1.54) is 19.3 Å². The summed E-state index contributed by atoms with van der Waals surface area (Å²) in [6.45, 7) is 4.47. The summed E-state index contributed by atoms with van der Waals surface area (Å²) in [7, 11) is 0. The molecule has 0 radical (unpaired) electrons. The van der Waals surface area contributed by atoms with Gasteiger partial charge in [-0.2, -0.15) is 0 Å². The first-order valence-electron chi connectivity index (χ1n) is 7.40. The Hall–Kier alpha value is -1.15. The van der Waals surface area contributed by atoms with Crippen molar-refractivity contribution in [3.05, 3.63) is 35.4 Å². The Kier molecular flexibility index (Phi) is 5.15. The van der Waals surface area contributed by atoms with Crippen molar-refractivity contribution in [2.45, 2.75) is 52.1 Å². The first kappa shape index (κ1) is 14.3. The summed E-state index contributed by atoms with van der Waals surface area (Å²) in [6.07, 6.45) is 6.30. The van der Waals surface area contributed by atoms with Crippen molar-refractivity contribution in [3.8, 4) is 0 Å². The number of carbonyl (C=O) groups excluding carboxylic acids is 1. The third kappa shape index (κ3) is 4.17. The van der Waals surface area contributed by atoms with Crippen LogP contribution in [-0.2, 0) is 4.74 Å². The van der Waals surface area contributed by atoms with Gasteiger partial charge in [-0.1, -0.05) is 49.9 Å². The highest BCUT2D eigenvalue weighted by atomic mass is 16.5. The molecule has 0 saturated heterocycles. The molecule has 0 N–H and O–H groups in total. The highest BCUT2D eigenvalue weighted by molar-refractivity contribution is 5.97. The normalized spacial score (nSPS) is 23.3. The van der Waals surface area contributed by atoms with Crippen molar-refractivity contribution in [2.75, 3.05) is 6.61 Å². The number of benzene rings is 1. The molecular formula is C17H24O2. The van der Waals surface area contributed by atoms with Gasteiger partial charge in [0, 0.05) is 5.56 Å². The Morgan fingerprint density at radius 3 is 2.95 bits per heavy atom. The van der Waals surface area contributed by atoms with Crippen LogP contribution in [0, 0.1) is 12.8 Å². The number of rotatable bonds is 5. The van der Waals surface area contributed by atoms with Crippen molar-refractivity contribution >= 4 is 5.78 Å². The maximum atomic E-state index is 12.1. The van der Waals surface area contributed by atoms with E-state index in [0.29, 0.717) is 0 Å². The minimum Gasteiger partial charge on any atom is -0.370 e. The van der Waals surface area contributed by atoms with Crippen LogP contribution in [0.15, 0.2) is 24.3 Å². The predicted octanol–water partition coefficient (Wildman–Crippen LogP) is 4.16. The minimum absolute atomic E-state index is 0.0994. The van der Waals surface area contributed by atoms with Crippen LogP contribution in [0.25, 0.3) is 0 Å². The monoisotopic (exact) mass is 260 g/mol. The van der Waals surface area contributed by atoms with Crippen LogP contribution in [0.4, 0.5) is 0 Å². The van der Waals surface area contributed by atoms with Gasteiger partial charge in [0.2, 0.25) is 0 Å². The fraction of sp³-hybridized carbons (Fsp3) is 0.588. The van der Waals surface area contributed by atoms with E-state index in [2.05, 4.69) is 6.92 Å². The first-order valence-corrected chi connectivity index (χ1v) is 7.40. The standard InChI is InChI=1S/C17H24O2/c1-3-14-7-5-9-16(11-14)19-12-17(18)15-8-4-6-13(2)10-15/h4,6,8,10,14,16H,3,5,7,9,11-12H2,1-2H3. The van der Waals surface area contributed by atoms with E-state index in [1.807, 2.05) is 31.2 Å². The van der Waals surface area contributed by atoms with Crippen LogP contribution in [0.1, 0.15) is 54.9 Å². The predicted molar refractivity (Wildman–Crippen MR) is 77.5 cm³/mol. The van der Waals surface area contributed by atoms with E-state index < -0.39 is 0 Å². The maximum absolute atomic E-state index is 12.1. The fourth-order valence-corrected chi connectivity index (χ4v) is 2.86. The van der Waals surface area contributed by atoms with Crippen LogP contribution in [0.3, 0.4) is 0 Å². The zero-order valence-electron chi connectivity index (χ0n) is 12.0. The van der Waals surface area contributed by atoms with Crippen molar-refractivity contribution in [1.29, 1.82) is 0 Å². The molecule has 2 unspecified atom stereocenters. The maximum Gasteiger partial charge on any atom is 0.188 e. The Balaban J connectivity index is 1.83. The minimum atomic E-state index is 0.0994. The Bertz CT molecular complexity index is 425. The number of Topliss-reactive ketones (excluding diaryl/α,β-unsaturated/α-hetero) is 1. The average Bonchev–Trinajstić information content (AvgIpc) is 2.45. The zero-order chi connectivity index (χ0) is 13.7. The van der Waals surface area contributed by atoms with Crippen molar-refractivity contribution in [3.63, 3.8) is 0 Å². The van der Waals surface area contributed by atoms with Gasteiger partial charge in [-0.3, -0.25) is 4.79 Å². The molecule has 1 aliphatic rings. The Morgan fingerprint density at radius 2 is 2.21 bits per heavy atom. The third-order valence-corrected chi connectivity index (χ3v) is 4.10. The van der Waals surface area contributed by atoms with Crippen LogP contribution >= 0.6 is 0 Å². The molecule has 1 aliphatic carbocycles. The second kappa shape index (κ2) is 6.85. The van der Waals surface area contributed by atoms with E-state index in [9.17, 15) is 4.79 Å². The molecule has 0 heterocycles. The van der Waals surface area contributed by atoms with Gasteiger partial charge in [0.15, 0.2) is 5.78 Å². The highest BCUT2D eigenvalue weighted by Gasteiger charge is 2.22. The molecule has 0 aliphatic heterocycles. The van der Waals surface area contributed by atoms with Crippen molar-refractivity contribution in [1.82, 2.24) is 0 Å². The fourth-order valence-electron chi connectivity index (χ4n) is 2.86. The van der Waals surface area contributed by atoms with Crippen LogP contribution in [0.5, 0.6) is 0 Å².